The number of rotatable bonds is 16. The molecule has 2 rings (SSSR count). The molecule has 0 atom stereocenters. The lowest BCUT2D eigenvalue weighted by atomic mass is 10.0. The fourth-order valence-electron chi connectivity index (χ4n) is 3.91. The number of hydrogen-bond donors (Lipinski definition) is 0. The summed E-state index contributed by atoms with van der Waals surface area (Å²) >= 11 is 0. The Kier molecular flexibility index (Phi) is 12.3. The summed E-state index contributed by atoms with van der Waals surface area (Å²) in [6.45, 7) is 4.55. The van der Waals surface area contributed by atoms with Crippen molar-refractivity contribution in [3.63, 3.8) is 0 Å². The minimum Gasteiger partial charge on any atom is -0.457 e. The molecule has 1 heteroatoms. The standard InChI is InChI=1S/C28H42O/c1-3-5-7-9-11-13-18-25-19-17-22-27(24-25)29-28-23-16-15-21-26(28)20-14-12-10-8-6-4-2/h15-17,19,21-24H,3-14,18,20H2,1-2H3. The third-order valence-corrected chi connectivity index (χ3v) is 5.72. The topological polar surface area (TPSA) is 9.23 Å². The van der Waals surface area contributed by atoms with Crippen molar-refractivity contribution in [2.75, 3.05) is 0 Å². The lowest BCUT2D eigenvalue weighted by Gasteiger charge is -2.12. The molecule has 0 aromatic heterocycles. The van der Waals surface area contributed by atoms with Crippen LogP contribution in [-0.2, 0) is 12.8 Å². The molecule has 0 radical (unpaired) electrons. The molecule has 0 bridgehead atoms. The zero-order valence-electron chi connectivity index (χ0n) is 18.9. The van der Waals surface area contributed by atoms with Gasteiger partial charge in [0.25, 0.3) is 0 Å². The Labute approximate surface area is 179 Å². The van der Waals surface area contributed by atoms with Gasteiger partial charge in [0.05, 0.1) is 0 Å². The number of ether oxygens (including phenoxy) is 1. The summed E-state index contributed by atoms with van der Waals surface area (Å²) in [5.74, 6) is 2.00. The monoisotopic (exact) mass is 394 g/mol. The summed E-state index contributed by atoms with van der Waals surface area (Å²) in [6.07, 6.45) is 18.3. The lowest BCUT2D eigenvalue weighted by Crippen LogP contribution is -1.94. The molecule has 2 aromatic rings. The van der Waals surface area contributed by atoms with Gasteiger partial charge in [-0.1, -0.05) is 108 Å². The SMILES string of the molecule is CCCCCCCCc1cccc(Oc2ccccc2CCCCCCCC)c1. The summed E-state index contributed by atoms with van der Waals surface area (Å²) in [4.78, 5) is 0. The van der Waals surface area contributed by atoms with Gasteiger partial charge in [-0.05, 0) is 55.0 Å². The highest BCUT2D eigenvalue weighted by molar-refractivity contribution is 5.39. The molecule has 160 valence electrons. The van der Waals surface area contributed by atoms with Crippen molar-refractivity contribution in [2.24, 2.45) is 0 Å². The number of aryl methyl sites for hydroxylation is 2. The van der Waals surface area contributed by atoms with Crippen molar-refractivity contribution in [1.29, 1.82) is 0 Å². The molecule has 0 aliphatic rings. The van der Waals surface area contributed by atoms with Crippen molar-refractivity contribution in [2.45, 2.75) is 104 Å². The van der Waals surface area contributed by atoms with Crippen LogP contribution in [0.4, 0.5) is 0 Å². The van der Waals surface area contributed by atoms with Crippen LogP contribution in [0.2, 0.25) is 0 Å². The molecule has 29 heavy (non-hydrogen) atoms. The fraction of sp³-hybridized carbons (Fsp3) is 0.571. The van der Waals surface area contributed by atoms with Crippen LogP contribution in [0.3, 0.4) is 0 Å². The maximum absolute atomic E-state index is 6.31. The van der Waals surface area contributed by atoms with E-state index in [2.05, 4.69) is 62.4 Å². The highest BCUT2D eigenvalue weighted by Crippen LogP contribution is 2.27. The Bertz CT molecular complexity index is 661. The van der Waals surface area contributed by atoms with E-state index in [-0.39, 0.29) is 0 Å². The molecule has 2 aromatic carbocycles. The van der Waals surface area contributed by atoms with E-state index in [9.17, 15) is 0 Å². The van der Waals surface area contributed by atoms with Crippen LogP contribution < -0.4 is 4.74 Å². The van der Waals surface area contributed by atoms with Gasteiger partial charge in [0, 0.05) is 0 Å². The van der Waals surface area contributed by atoms with E-state index in [4.69, 9.17) is 4.74 Å². The smallest absolute Gasteiger partial charge is 0.130 e. The van der Waals surface area contributed by atoms with Crippen molar-refractivity contribution in [1.82, 2.24) is 0 Å². The molecule has 0 saturated carbocycles. The number of unbranched alkanes of at least 4 members (excludes halogenated alkanes) is 10. The first-order valence-electron chi connectivity index (χ1n) is 12.2. The minimum atomic E-state index is 0.976. The highest BCUT2D eigenvalue weighted by atomic mass is 16.5. The Morgan fingerprint density at radius 2 is 1.21 bits per heavy atom. The van der Waals surface area contributed by atoms with Crippen LogP contribution in [0.5, 0.6) is 11.5 Å². The minimum absolute atomic E-state index is 0.976. The molecule has 1 nitrogen and oxygen atoms in total. The maximum atomic E-state index is 6.31. The van der Waals surface area contributed by atoms with Crippen molar-refractivity contribution in [3.05, 3.63) is 59.7 Å². The lowest BCUT2D eigenvalue weighted by molar-refractivity contribution is 0.473. The molecule has 0 aliphatic heterocycles. The van der Waals surface area contributed by atoms with E-state index in [1.54, 1.807) is 0 Å². The predicted octanol–water partition coefficient (Wildman–Crippen LogP) is 9.28. The molecule has 0 aliphatic carbocycles. The van der Waals surface area contributed by atoms with Crippen LogP contribution in [0.15, 0.2) is 48.5 Å². The van der Waals surface area contributed by atoms with Crippen LogP contribution in [0, 0.1) is 0 Å². The highest BCUT2D eigenvalue weighted by Gasteiger charge is 2.05. The van der Waals surface area contributed by atoms with Gasteiger partial charge in [-0.15, -0.1) is 0 Å². The zero-order chi connectivity index (χ0) is 20.6. The second-order valence-electron chi connectivity index (χ2n) is 8.39. The normalized spacial score (nSPS) is 11.0. The number of hydrogen-bond acceptors (Lipinski definition) is 1. The predicted molar refractivity (Wildman–Crippen MR) is 127 cm³/mol. The third kappa shape index (κ3) is 10.0. The summed E-state index contributed by atoms with van der Waals surface area (Å²) in [7, 11) is 0. The van der Waals surface area contributed by atoms with Crippen LogP contribution >= 0.6 is 0 Å². The van der Waals surface area contributed by atoms with Crippen LogP contribution in [0.25, 0.3) is 0 Å². The third-order valence-electron chi connectivity index (χ3n) is 5.72. The molecular formula is C28H42O. The molecule has 0 unspecified atom stereocenters. The Hall–Kier alpha value is -1.76. The Morgan fingerprint density at radius 1 is 0.586 bits per heavy atom. The molecule has 0 amide bonds. The second-order valence-corrected chi connectivity index (χ2v) is 8.39. The van der Waals surface area contributed by atoms with Gasteiger partial charge in [-0.25, -0.2) is 0 Å². The van der Waals surface area contributed by atoms with E-state index < -0.39 is 0 Å². The largest absolute Gasteiger partial charge is 0.457 e. The molecule has 0 spiro atoms. The van der Waals surface area contributed by atoms with Gasteiger partial charge in [-0.2, -0.15) is 0 Å². The zero-order valence-corrected chi connectivity index (χ0v) is 18.9. The molecule has 0 N–H and O–H groups in total. The number of para-hydroxylation sites is 1. The first-order chi connectivity index (χ1) is 14.3. The van der Waals surface area contributed by atoms with Gasteiger partial charge >= 0.3 is 0 Å². The Balaban J connectivity index is 1.81. The maximum Gasteiger partial charge on any atom is 0.130 e. The van der Waals surface area contributed by atoms with Gasteiger partial charge in [0.2, 0.25) is 0 Å². The van der Waals surface area contributed by atoms with Gasteiger partial charge in [0.15, 0.2) is 0 Å². The van der Waals surface area contributed by atoms with E-state index in [1.807, 2.05) is 0 Å². The summed E-state index contributed by atoms with van der Waals surface area (Å²) in [5.41, 5.74) is 2.73. The van der Waals surface area contributed by atoms with Crippen LogP contribution in [-0.4, -0.2) is 0 Å². The fourth-order valence-corrected chi connectivity index (χ4v) is 3.91. The van der Waals surface area contributed by atoms with E-state index in [1.165, 1.54) is 88.2 Å². The molecular weight excluding hydrogens is 352 g/mol. The average Bonchev–Trinajstić information content (AvgIpc) is 2.74. The van der Waals surface area contributed by atoms with Gasteiger partial charge in [0.1, 0.15) is 11.5 Å². The quantitative estimate of drug-likeness (QED) is 0.258. The molecule has 0 heterocycles. The van der Waals surface area contributed by atoms with E-state index >= 15 is 0 Å². The average molecular weight is 395 g/mol. The van der Waals surface area contributed by atoms with Crippen molar-refractivity contribution < 1.29 is 4.74 Å². The first kappa shape index (κ1) is 23.5. The van der Waals surface area contributed by atoms with Crippen molar-refractivity contribution in [3.8, 4) is 11.5 Å². The summed E-state index contributed by atoms with van der Waals surface area (Å²) < 4.78 is 6.31. The summed E-state index contributed by atoms with van der Waals surface area (Å²) in [5, 5.41) is 0. The molecule has 0 fully saturated rings. The Morgan fingerprint density at radius 3 is 1.93 bits per heavy atom. The number of benzene rings is 2. The second kappa shape index (κ2) is 15.1. The van der Waals surface area contributed by atoms with E-state index in [0.717, 1.165) is 24.3 Å². The van der Waals surface area contributed by atoms with E-state index in [0.29, 0.717) is 0 Å². The van der Waals surface area contributed by atoms with Crippen LogP contribution in [0.1, 0.15) is 102 Å². The summed E-state index contributed by atoms with van der Waals surface area (Å²) in [6, 6.07) is 17.3. The first-order valence-corrected chi connectivity index (χ1v) is 12.2. The van der Waals surface area contributed by atoms with Crippen molar-refractivity contribution >= 4 is 0 Å². The van der Waals surface area contributed by atoms with Gasteiger partial charge < -0.3 is 4.74 Å². The van der Waals surface area contributed by atoms with Gasteiger partial charge in [-0.3, -0.25) is 0 Å². The molecule has 0 saturated heterocycles.